The Hall–Kier alpha value is 0.360. The van der Waals surface area contributed by atoms with Crippen LogP contribution in [0.1, 0.15) is 17.5 Å². The third-order valence-corrected chi connectivity index (χ3v) is 7.88. The first-order chi connectivity index (χ1) is 9.54. The fourth-order valence-corrected chi connectivity index (χ4v) is 4.23. The van der Waals surface area contributed by atoms with Crippen molar-refractivity contribution < 1.29 is 0 Å². The van der Waals surface area contributed by atoms with E-state index in [-0.39, 0.29) is 0 Å². The van der Waals surface area contributed by atoms with Gasteiger partial charge in [-0.25, -0.2) is 0 Å². The van der Waals surface area contributed by atoms with Crippen molar-refractivity contribution in [2.24, 2.45) is 0 Å². The van der Waals surface area contributed by atoms with Gasteiger partial charge in [-0.3, -0.25) is 0 Å². The third-order valence-electron chi connectivity index (χ3n) is 3.66. The normalized spacial score (nSPS) is 25.0. The van der Waals surface area contributed by atoms with E-state index in [0.717, 1.165) is 21.8 Å². The molecule has 0 radical (unpaired) electrons. The van der Waals surface area contributed by atoms with Gasteiger partial charge in [-0.1, -0.05) is 56.2 Å². The molecule has 20 heavy (non-hydrogen) atoms. The summed E-state index contributed by atoms with van der Waals surface area (Å²) in [6, 6.07) is 4.41. The molecule has 2 atom stereocenters. The smallest absolute Gasteiger partial charge is 0.0494 e. The quantitative estimate of drug-likeness (QED) is 0.338. The van der Waals surface area contributed by atoms with E-state index >= 15 is 0 Å². The third kappa shape index (κ3) is 3.08. The molecule has 4 heteroatoms. The molecule has 2 aliphatic carbocycles. The number of halogens is 4. The van der Waals surface area contributed by atoms with Crippen LogP contribution in [0, 0.1) is 0 Å². The number of hydrogen-bond donors (Lipinski definition) is 0. The predicted molar refractivity (Wildman–Crippen MR) is 101 cm³/mol. The SMILES string of the molecule is Brc1cc2c(cc1Br)CCC1=CC(Br)C(Br)C=C1C=C2. The molecule has 2 unspecified atom stereocenters. The highest BCUT2D eigenvalue weighted by Gasteiger charge is 2.21. The summed E-state index contributed by atoms with van der Waals surface area (Å²) < 4.78 is 2.23. The predicted octanol–water partition coefficient (Wildman–Crippen LogP) is 6.56. The van der Waals surface area contributed by atoms with Gasteiger partial charge in [-0.05, 0) is 79.1 Å². The Balaban J connectivity index is 2.04. The summed E-state index contributed by atoms with van der Waals surface area (Å²) in [5.74, 6) is 0. The van der Waals surface area contributed by atoms with Crippen molar-refractivity contribution in [2.45, 2.75) is 22.5 Å². The minimum absolute atomic E-state index is 0.362. The topological polar surface area (TPSA) is 0 Å². The second-order valence-corrected chi connectivity index (χ2v) is 8.82. The molecule has 1 aromatic rings. The van der Waals surface area contributed by atoms with Crippen molar-refractivity contribution in [3.8, 4) is 0 Å². The highest BCUT2D eigenvalue weighted by Crippen LogP contribution is 2.35. The molecule has 0 heterocycles. The second kappa shape index (κ2) is 6.23. The number of fused-ring (bicyclic) bond motifs is 2. The number of hydrogen-bond acceptors (Lipinski definition) is 0. The van der Waals surface area contributed by atoms with Crippen LogP contribution in [-0.2, 0) is 6.42 Å². The maximum atomic E-state index is 3.71. The van der Waals surface area contributed by atoms with Crippen molar-refractivity contribution in [3.63, 3.8) is 0 Å². The Kier molecular flexibility index (Phi) is 4.76. The lowest BCUT2D eigenvalue weighted by Gasteiger charge is -2.23. The minimum atomic E-state index is 0.362. The molecule has 0 saturated carbocycles. The van der Waals surface area contributed by atoms with E-state index in [4.69, 9.17) is 0 Å². The highest BCUT2D eigenvalue weighted by atomic mass is 79.9. The van der Waals surface area contributed by atoms with E-state index in [9.17, 15) is 0 Å². The molecule has 1 aromatic carbocycles. The fourth-order valence-electron chi connectivity index (χ4n) is 2.57. The van der Waals surface area contributed by atoms with E-state index in [1.165, 1.54) is 22.3 Å². The van der Waals surface area contributed by atoms with E-state index in [0.29, 0.717) is 9.65 Å². The first kappa shape index (κ1) is 15.3. The first-order valence-electron chi connectivity index (χ1n) is 6.41. The molecule has 0 bridgehead atoms. The van der Waals surface area contributed by atoms with Crippen molar-refractivity contribution in [1.82, 2.24) is 0 Å². The maximum Gasteiger partial charge on any atom is 0.0494 e. The van der Waals surface area contributed by atoms with Crippen LogP contribution in [0.2, 0.25) is 0 Å². The summed E-state index contributed by atoms with van der Waals surface area (Å²) in [6.07, 6.45) is 11.2. The van der Waals surface area contributed by atoms with Crippen molar-refractivity contribution in [3.05, 3.63) is 61.6 Å². The van der Waals surface area contributed by atoms with Gasteiger partial charge in [-0.2, -0.15) is 0 Å². The minimum Gasteiger partial charge on any atom is -0.0829 e. The van der Waals surface area contributed by atoms with E-state index in [1.807, 2.05) is 0 Å². The van der Waals surface area contributed by atoms with E-state index in [2.05, 4.69) is 100 Å². The fraction of sp³-hybridized carbons (Fsp3) is 0.250. The molecule has 2 aliphatic rings. The number of aryl methyl sites for hydroxylation is 1. The zero-order valence-electron chi connectivity index (χ0n) is 10.5. The molecule has 0 N–H and O–H groups in total. The summed E-state index contributed by atoms with van der Waals surface area (Å²) in [7, 11) is 0. The average molecular weight is 524 g/mol. The van der Waals surface area contributed by atoms with Gasteiger partial charge in [0.25, 0.3) is 0 Å². The largest absolute Gasteiger partial charge is 0.0829 e. The monoisotopic (exact) mass is 520 g/mol. The maximum absolute atomic E-state index is 3.71. The molecular weight excluding hydrogens is 512 g/mol. The summed E-state index contributed by atoms with van der Waals surface area (Å²) in [5.41, 5.74) is 5.46. The zero-order chi connectivity index (χ0) is 14.3. The van der Waals surface area contributed by atoms with Crippen LogP contribution in [0.5, 0.6) is 0 Å². The number of alkyl halides is 2. The van der Waals surface area contributed by atoms with Crippen LogP contribution < -0.4 is 0 Å². The Labute approximate surface area is 152 Å². The van der Waals surface area contributed by atoms with Crippen LogP contribution >= 0.6 is 63.7 Å². The summed E-state index contributed by atoms with van der Waals surface area (Å²) in [6.45, 7) is 0. The van der Waals surface area contributed by atoms with Crippen LogP contribution in [-0.4, -0.2) is 9.65 Å². The average Bonchev–Trinajstić information content (AvgIpc) is 2.40. The standard InChI is InChI=1S/C16H12Br4/c17-13-5-9-1-2-10-6-14(18)16(20)8-12(10)4-3-11(9)7-15(13)19/h1-2,5-8,13,15H,3-4H2. The van der Waals surface area contributed by atoms with Crippen LogP contribution in [0.15, 0.2) is 50.5 Å². The Morgan fingerprint density at radius 3 is 2.35 bits per heavy atom. The second-order valence-electron chi connectivity index (χ2n) is 5.00. The zero-order valence-corrected chi connectivity index (χ0v) is 16.9. The van der Waals surface area contributed by atoms with Crippen molar-refractivity contribution in [1.29, 1.82) is 0 Å². The molecule has 104 valence electrons. The molecule has 0 nitrogen and oxygen atoms in total. The molecule has 0 fully saturated rings. The Morgan fingerprint density at radius 2 is 1.55 bits per heavy atom. The van der Waals surface area contributed by atoms with Gasteiger partial charge in [0.05, 0.1) is 0 Å². The van der Waals surface area contributed by atoms with Gasteiger partial charge in [0, 0.05) is 18.6 Å². The lowest BCUT2D eigenvalue weighted by molar-refractivity contribution is 0.916. The number of benzene rings is 1. The van der Waals surface area contributed by atoms with Gasteiger partial charge < -0.3 is 0 Å². The van der Waals surface area contributed by atoms with E-state index in [1.54, 1.807) is 0 Å². The van der Waals surface area contributed by atoms with Gasteiger partial charge in [0.1, 0.15) is 0 Å². The lowest BCUT2D eigenvalue weighted by atomic mass is 9.88. The van der Waals surface area contributed by atoms with E-state index < -0.39 is 0 Å². The lowest BCUT2D eigenvalue weighted by Crippen LogP contribution is -2.15. The highest BCUT2D eigenvalue weighted by molar-refractivity contribution is 9.13. The molecule has 0 amide bonds. The summed E-state index contributed by atoms with van der Waals surface area (Å²) in [4.78, 5) is 0.742. The van der Waals surface area contributed by atoms with Crippen molar-refractivity contribution in [2.75, 3.05) is 0 Å². The first-order valence-corrected chi connectivity index (χ1v) is 9.83. The molecule has 0 saturated heterocycles. The Bertz CT molecular complexity index is 640. The molecule has 0 aliphatic heterocycles. The van der Waals surface area contributed by atoms with Gasteiger partial charge in [-0.15, -0.1) is 0 Å². The number of rotatable bonds is 0. The Morgan fingerprint density at radius 1 is 0.850 bits per heavy atom. The summed E-state index contributed by atoms with van der Waals surface area (Å²) >= 11 is 14.6. The van der Waals surface area contributed by atoms with Crippen LogP contribution in [0.25, 0.3) is 6.08 Å². The van der Waals surface area contributed by atoms with Crippen molar-refractivity contribution >= 4 is 69.8 Å². The molecular formula is C16H12Br4. The summed E-state index contributed by atoms with van der Waals surface area (Å²) in [5, 5.41) is 0. The molecule has 3 rings (SSSR count). The molecule has 0 aromatic heterocycles. The van der Waals surface area contributed by atoms with Gasteiger partial charge in [0.2, 0.25) is 0 Å². The van der Waals surface area contributed by atoms with Gasteiger partial charge >= 0.3 is 0 Å². The number of allylic oxidation sites excluding steroid dienone is 5. The van der Waals surface area contributed by atoms with Crippen LogP contribution in [0.3, 0.4) is 0 Å². The molecule has 0 spiro atoms. The van der Waals surface area contributed by atoms with Gasteiger partial charge in [0.15, 0.2) is 0 Å². The van der Waals surface area contributed by atoms with Crippen LogP contribution in [0.4, 0.5) is 0 Å².